The molecule has 2 aromatic rings. The van der Waals surface area contributed by atoms with Gasteiger partial charge in [0.25, 0.3) is 0 Å². The van der Waals surface area contributed by atoms with E-state index in [9.17, 15) is 20.1 Å². The molecular formula is C21H20O5. The van der Waals surface area contributed by atoms with Crippen molar-refractivity contribution < 1.29 is 24.9 Å². The Kier molecular flexibility index (Phi) is 6.22. The molecule has 5 nitrogen and oxygen atoms in total. The molecule has 0 spiro atoms. The number of phenolic OH excluding ortho intramolecular Hbond substituents is 3. The molecule has 0 amide bonds. The Bertz CT molecular complexity index is 878. The van der Waals surface area contributed by atoms with Gasteiger partial charge in [-0.1, -0.05) is 36.9 Å². The quantitative estimate of drug-likeness (QED) is 0.397. The van der Waals surface area contributed by atoms with Gasteiger partial charge in [0.1, 0.15) is 0 Å². The average Bonchev–Trinajstić information content (AvgIpc) is 2.62. The van der Waals surface area contributed by atoms with Crippen LogP contribution in [-0.2, 0) is 4.79 Å². The highest BCUT2D eigenvalue weighted by molar-refractivity contribution is 5.95. The number of benzene rings is 2. The molecule has 0 bridgehead atoms. The highest BCUT2D eigenvalue weighted by Crippen LogP contribution is 2.27. The second kappa shape index (κ2) is 8.58. The largest absolute Gasteiger partial charge is 0.504 e. The predicted octanol–water partition coefficient (Wildman–Crippen LogP) is 4.05. The van der Waals surface area contributed by atoms with Crippen molar-refractivity contribution in [3.63, 3.8) is 0 Å². The first-order valence-corrected chi connectivity index (χ1v) is 7.85. The molecule has 0 aliphatic heterocycles. The first-order valence-electron chi connectivity index (χ1n) is 7.85. The number of allylic oxidation sites excluding steroid dienone is 3. The highest BCUT2D eigenvalue weighted by atomic mass is 16.5. The standard InChI is InChI=1S/C21H20O5/c1-14(3-4-16-7-10-19(24)21(13-16)26-2)11-17(22)8-5-15-6-9-18(23)20(25)12-15/h3-10,12-13,23-25H,1,11H2,2H3/b4-3+,8-5+. The second-order valence-corrected chi connectivity index (χ2v) is 5.65. The average molecular weight is 352 g/mol. The number of carbonyl (C=O) groups is 1. The molecule has 0 saturated carbocycles. The van der Waals surface area contributed by atoms with Crippen LogP contribution >= 0.6 is 0 Å². The SMILES string of the molecule is C=C(/C=C/c1ccc(O)c(OC)c1)CC(=O)/C=C/c1ccc(O)c(O)c1. The first kappa shape index (κ1) is 18.9. The molecule has 0 unspecified atom stereocenters. The molecule has 0 fully saturated rings. The number of carbonyl (C=O) groups excluding carboxylic acids is 1. The third-order valence-corrected chi connectivity index (χ3v) is 3.58. The van der Waals surface area contributed by atoms with Crippen molar-refractivity contribution in [2.45, 2.75) is 6.42 Å². The Balaban J connectivity index is 1.95. The highest BCUT2D eigenvalue weighted by Gasteiger charge is 2.03. The summed E-state index contributed by atoms with van der Waals surface area (Å²) in [6.07, 6.45) is 6.60. The molecule has 0 saturated heterocycles. The molecule has 0 atom stereocenters. The summed E-state index contributed by atoms with van der Waals surface area (Å²) in [6.45, 7) is 3.86. The van der Waals surface area contributed by atoms with Crippen molar-refractivity contribution in [3.8, 4) is 23.0 Å². The van der Waals surface area contributed by atoms with Crippen LogP contribution in [0.4, 0.5) is 0 Å². The van der Waals surface area contributed by atoms with E-state index in [4.69, 9.17) is 4.74 Å². The molecule has 26 heavy (non-hydrogen) atoms. The van der Waals surface area contributed by atoms with E-state index >= 15 is 0 Å². The molecule has 0 radical (unpaired) electrons. The summed E-state index contributed by atoms with van der Waals surface area (Å²) >= 11 is 0. The minimum Gasteiger partial charge on any atom is -0.504 e. The summed E-state index contributed by atoms with van der Waals surface area (Å²) in [5, 5.41) is 28.3. The van der Waals surface area contributed by atoms with E-state index in [1.165, 1.54) is 31.4 Å². The molecule has 0 aromatic heterocycles. The molecule has 5 heteroatoms. The van der Waals surface area contributed by atoms with Crippen molar-refractivity contribution in [1.29, 1.82) is 0 Å². The fraction of sp³-hybridized carbons (Fsp3) is 0.0952. The van der Waals surface area contributed by atoms with Gasteiger partial charge in [-0.2, -0.15) is 0 Å². The third kappa shape index (κ3) is 5.27. The van der Waals surface area contributed by atoms with Crippen molar-refractivity contribution in [2.75, 3.05) is 7.11 Å². The normalized spacial score (nSPS) is 11.1. The lowest BCUT2D eigenvalue weighted by Crippen LogP contribution is -1.93. The molecule has 134 valence electrons. The number of hydrogen-bond acceptors (Lipinski definition) is 5. The Labute approximate surface area is 151 Å². The van der Waals surface area contributed by atoms with Crippen LogP contribution in [0.25, 0.3) is 12.2 Å². The van der Waals surface area contributed by atoms with Crippen LogP contribution in [0.1, 0.15) is 17.5 Å². The van der Waals surface area contributed by atoms with Gasteiger partial charge < -0.3 is 20.1 Å². The first-order chi connectivity index (χ1) is 12.4. The zero-order valence-electron chi connectivity index (χ0n) is 14.3. The molecule has 3 N–H and O–H groups in total. The maximum Gasteiger partial charge on any atom is 0.161 e. The van der Waals surface area contributed by atoms with E-state index in [1.807, 2.05) is 0 Å². The van der Waals surface area contributed by atoms with E-state index in [0.717, 1.165) is 5.56 Å². The molecule has 0 heterocycles. The van der Waals surface area contributed by atoms with Crippen LogP contribution in [-0.4, -0.2) is 28.2 Å². The monoisotopic (exact) mass is 352 g/mol. The lowest BCUT2D eigenvalue weighted by molar-refractivity contribution is -0.113. The fourth-order valence-electron chi connectivity index (χ4n) is 2.19. The van der Waals surface area contributed by atoms with Gasteiger partial charge >= 0.3 is 0 Å². The fourth-order valence-corrected chi connectivity index (χ4v) is 2.19. The molecule has 2 aromatic carbocycles. The molecule has 0 aliphatic rings. The summed E-state index contributed by atoms with van der Waals surface area (Å²) in [7, 11) is 1.47. The number of rotatable bonds is 7. The second-order valence-electron chi connectivity index (χ2n) is 5.65. The minimum atomic E-state index is -0.240. The minimum absolute atomic E-state index is 0.0593. The lowest BCUT2D eigenvalue weighted by atomic mass is 10.1. The zero-order valence-corrected chi connectivity index (χ0v) is 14.3. The van der Waals surface area contributed by atoms with Crippen molar-refractivity contribution in [2.24, 2.45) is 0 Å². The Morgan fingerprint density at radius 3 is 2.23 bits per heavy atom. The smallest absolute Gasteiger partial charge is 0.161 e. The number of ether oxygens (including phenoxy) is 1. The molecule has 0 aliphatic carbocycles. The third-order valence-electron chi connectivity index (χ3n) is 3.58. The lowest BCUT2D eigenvalue weighted by Gasteiger charge is -2.04. The van der Waals surface area contributed by atoms with E-state index < -0.39 is 0 Å². The molecular weight excluding hydrogens is 332 g/mol. The summed E-state index contributed by atoms with van der Waals surface area (Å²) in [6, 6.07) is 9.24. The Morgan fingerprint density at radius 1 is 0.962 bits per heavy atom. The Morgan fingerprint density at radius 2 is 1.58 bits per heavy atom. The van der Waals surface area contributed by atoms with E-state index in [-0.39, 0.29) is 29.5 Å². The maximum absolute atomic E-state index is 12.0. The van der Waals surface area contributed by atoms with Crippen LogP contribution in [0, 0.1) is 0 Å². The predicted molar refractivity (Wildman–Crippen MR) is 101 cm³/mol. The topological polar surface area (TPSA) is 87.0 Å². The summed E-state index contributed by atoms with van der Waals surface area (Å²) < 4.78 is 5.04. The van der Waals surface area contributed by atoms with Crippen LogP contribution in [0.3, 0.4) is 0 Å². The zero-order chi connectivity index (χ0) is 19.1. The van der Waals surface area contributed by atoms with Gasteiger partial charge in [0.05, 0.1) is 7.11 Å². The van der Waals surface area contributed by atoms with Gasteiger partial charge in [-0.15, -0.1) is 0 Å². The van der Waals surface area contributed by atoms with E-state index in [2.05, 4.69) is 6.58 Å². The Hall–Kier alpha value is -3.47. The van der Waals surface area contributed by atoms with Gasteiger partial charge in [-0.3, -0.25) is 4.79 Å². The van der Waals surface area contributed by atoms with E-state index in [0.29, 0.717) is 16.9 Å². The number of methoxy groups -OCH3 is 1. The summed E-state index contributed by atoms with van der Waals surface area (Å²) in [4.78, 5) is 12.0. The van der Waals surface area contributed by atoms with Crippen LogP contribution < -0.4 is 4.74 Å². The number of ketones is 1. The molecule has 2 rings (SSSR count). The van der Waals surface area contributed by atoms with Gasteiger partial charge in [-0.05, 0) is 47.0 Å². The number of hydrogen-bond donors (Lipinski definition) is 3. The summed E-state index contributed by atoms with van der Waals surface area (Å²) in [5.74, 6) is -0.164. The number of aromatic hydroxyl groups is 3. The van der Waals surface area contributed by atoms with E-state index in [1.54, 1.807) is 36.4 Å². The van der Waals surface area contributed by atoms with Gasteiger partial charge in [0, 0.05) is 6.42 Å². The summed E-state index contributed by atoms with van der Waals surface area (Å²) in [5.41, 5.74) is 2.04. The van der Waals surface area contributed by atoms with Gasteiger partial charge in [0.15, 0.2) is 28.8 Å². The van der Waals surface area contributed by atoms with Crippen molar-refractivity contribution in [3.05, 3.63) is 71.8 Å². The van der Waals surface area contributed by atoms with Crippen molar-refractivity contribution in [1.82, 2.24) is 0 Å². The van der Waals surface area contributed by atoms with Crippen LogP contribution in [0.5, 0.6) is 23.0 Å². The number of phenols is 3. The van der Waals surface area contributed by atoms with Crippen LogP contribution in [0.2, 0.25) is 0 Å². The van der Waals surface area contributed by atoms with Gasteiger partial charge in [0.2, 0.25) is 0 Å². The van der Waals surface area contributed by atoms with Gasteiger partial charge in [-0.25, -0.2) is 0 Å². The van der Waals surface area contributed by atoms with Crippen LogP contribution in [0.15, 0.2) is 60.7 Å². The maximum atomic E-state index is 12.0. The van der Waals surface area contributed by atoms with Crippen molar-refractivity contribution >= 4 is 17.9 Å².